The number of hydrogen-bond donors (Lipinski definition) is 0. The van der Waals surface area contributed by atoms with Crippen LogP contribution in [0.2, 0.25) is 0 Å². The van der Waals surface area contributed by atoms with Gasteiger partial charge >= 0.3 is 0 Å². The average Bonchev–Trinajstić information content (AvgIpc) is 3.33. The van der Waals surface area contributed by atoms with Crippen LogP contribution >= 0.6 is 11.3 Å². The third-order valence-corrected chi connectivity index (χ3v) is 5.94. The molecule has 1 fully saturated rings. The number of thiophene rings is 1. The number of hydrogen-bond acceptors (Lipinski definition) is 6. The first-order chi connectivity index (χ1) is 14.0. The van der Waals surface area contributed by atoms with E-state index in [1.54, 1.807) is 16.7 Å². The Morgan fingerprint density at radius 1 is 1.17 bits per heavy atom. The highest BCUT2D eigenvalue weighted by Gasteiger charge is 2.39. The minimum Gasteiger partial charge on any atom is -0.339 e. The zero-order valence-corrected chi connectivity index (χ0v) is 17.2. The number of aryl methyl sites for hydroxylation is 2. The fraction of sp³-hybridized carbons (Fsp3) is 0.333. The molecule has 1 aliphatic rings. The molecule has 4 rings (SSSR count). The zero-order valence-electron chi connectivity index (χ0n) is 16.4. The molecule has 8 heteroatoms. The van der Waals surface area contributed by atoms with E-state index in [0.717, 1.165) is 10.4 Å². The van der Waals surface area contributed by atoms with Crippen LogP contribution in [0.15, 0.2) is 47.0 Å². The van der Waals surface area contributed by atoms with E-state index in [1.165, 1.54) is 11.3 Å². The van der Waals surface area contributed by atoms with Crippen LogP contribution in [-0.2, 0) is 17.8 Å². The molecule has 1 saturated heterocycles. The van der Waals surface area contributed by atoms with E-state index < -0.39 is 6.04 Å². The predicted molar refractivity (Wildman–Crippen MR) is 108 cm³/mol. The summed E-state index contributed by atoms with van der Waals surface area (Å²) in [4.78, 5) is 35.8. The molecule has 0 aliphatic carbocycles. The Labute approximate surface area is 172 Å². The third-order valence-electron chi connectivity index (χ3n) is 4.95. The van der Waals surface area contributed by atoms with Crippen molar-refractivity contribution in [1.82, 2.24) is 19.9 Å². The summed E-state index contributed by atoms with van der Waals surface area (Å²) in [6.07, 6.45) is 0.209. The molecule has 1 aliphatic heterocycles. The van der Waals surface area contributed by atoms with Gasteiger partial charge in [0, 0.05) is 24.5 Å². The van der Waals surface area contributed by atoms with Gasteiger partial charge in [-0.1, -0.05) is 35.5 Å². The Morgan fingerprint density at radius 2 is 1.97 bits per heavy atom. The van der Waals surface area contributed by atoms with E-state index >= 15 is 0 Å². The van der Waals surface area contributed by atoms with Gasteiger partial charge in [0.2, 0.25) is 11.8 Å². The van der Waals surface area contributed by atoms with Gasteiger partial charge in [-0.05, 0) is 31.5 Å². The van der Waals surface area contributed by atoms with Gasteiger partial charge in [0.15, 0.2) is 5.82 Å². The fourth-order valence-electron chi connectivity index (χ4n) is 3.52. The van der Waals surface area contributed by atoms with E-state index in [-0.39, 0.29) is 18.2 Å². The van der Waals surface area contributed by atoms with Gasteiger partial charge < -0.3 is 14.3 Å². The maximum atomic E-state index is 13.3. The van der Waals surface area contributed by atoms with Crippen LogP contribution in [0.3, 0.4) is 0 Å². The van der Waals surface area contributed by atoms with E-state index in [4.69, 9.17) is 4.52 Å². The zero-order chi connectivity index (χ0) is 20.4. The van der Waals surface area contributed by atoms with Crippen molar-refractivity contribution in [3.63, 3.8) is 0 Å². The fourth-order valence-corrected chi connectivity index (χ4v) is 4.34. The number of carbonyl (C=O) groups is 2. The Hall–Kier alpha value is -3.00. The first-order valence-corrected chi connectivity index (χ1v) is 10.3. The van der Waals surface area contributed by atoms with Crippen molar-refractivity contribution in [1.29, 1.82) is 0 Å². The Balaban J connectivity index is 1.59. The van der Waals surface area contributed by atoms with Crippen LogP contribution in [0.4, 0.5) is 0 Å². The molecule has 0 radical (unpaired) electrons. The van der Waals surface area contributed by atoms with E-state index in [0.29, 0.717) is 36.2 Å². The predicted octanol–water partition coefficient (Wildman–Crippen LogP) is 2.84. The van der Waals surface area contributed by atoms with Gasteiger partial charge in [0.25, 0.3) is 5.91 Å². The van der Waals surface area contributed by atoms with Gasteiger partial charge in [0.1, 0.15) is 6.04 Å². The molecule has 3 aromatic rings. The van der Waals surface area contributed by atoms with Crippen molar-refractivity contribution < 1.29 is 14.1 Å². The van der Waals surface area contributed by atoms with E-state index in [9.17, 15) is 9.59 Å². The van der Waals surface area contributed by atoms with Gasteiger partial charge in [-0.25, -0.2) is 0 Å². The molecule has 3 heterocycles. The minimum atomic E-state index is -0.665. The Bertz CT molecular complexity index is 1010. The number of amides is 2. The van der Waals surface area contributed by atoms with Crippen molar-refractivity contribution in [3.8, 4) is 0 Å². The second-order valence-corrected chi connectivity index (χ2v) is 8.40. The molecule has 1 atom stereocenters. The molecular formula is C21H22N4O3S. The summed E-state index contributed by atoms with van der Waals surface area (Å²) in [6, 6.07) is 12.9. The SMILES string of the molecule is Cc1noc(CC2C(=O)N(Cc3ccccc3)CCN2C(=O)c2ccc(C)s2)n1. The van der Waals surface area contributed by atoms with Crippen LogP contribution in [0.5, 0.6) is 0 Å². The number of nitrogens with zero attached hydrogens (tertiary/aromatic N) is 4. The van der Waals surface area contributed by atoms with Crippen LogP contribution in [0, 0.1) is 13.8 Å². The third kappa shape index (κ3) is 4.22. The molecule has 0 spiro atoms. The van der Waals surface area contributed by atoms with Crippen molar-refractivity contribution >= 4 is 23.2 Å². The molecule has 0 bridgehead atoms. The lowest BCUT2D eigenvalue weighted by Gasteiger charge is -2.40. The molecule has 1 unspecified atom stereocenters. The normalized spacial score (nSPS) is 17.0. The number of rotatable bonds is 5. The maximum Gasteiger partial charge on any atom is 0.264 e. The highest BCUT2D eigenvalue weighted by molar-refractivity contribution is 7.13. The van der Waals surface area contributed by atoms with E-state index in [1.807, 2.05) is 49.4 Å². The summed E-state index contributed by atoms with van der Waals surface area (Å²) in [5, 5.41) is 3.81. The summed E-state index contributed by atoms with van der Waals surface area (Å²) in [5.41, 5.74) is 1.06. The van der Waals surface area contributed by atoms with Gasteiger partial charge in [-0.3, -0.25) is 9.59 Å². The summed E-state index contributed by atoms with van der Waals surface area (Å²) >= 11 is 1.44. The minimum absolute atomic E-state index is 0.0995. The molecule has 0 saturated carbocycles. The standard InChI is InChI=1S/C21H22N4O3S/c1-14-8-9-18(29-14)21(27)25-11-10-24(13-16-6-4-3-5-7-16)20(26)17(25)12-19-22-15(2)23-28-19/h3-9,17H,10-13H2,1-2H3. The lowest BCUT2D eigenvalue weighted by Crippen LogP contribution is -2.59. The van der Waals surface area contributed by atoms with Gasteiger partial charge in [-0.15, -0.1) is 11.3 Å². The van der Waals surface area contributed by atoms with Crippen molar-refractivity contribution in [2.24, 2.45) is 0 Å². The first-order valence-electron chi connectivity index (χ1n) is 9.50. The summed E-state index contributed by atoms with van der Waals surface area (Å²) in [7, 11) is 0. The summed E-state index contributed by atoms with van der Waals surface area (Å²) in [5.74, 6) is 0.647. The summed E-state index contributed by atoms with van der Waals surface area (Å²) < 4.78 is 5.24. The summed E-state index contributed by atoms with van der Waals surface area (Å²) in [6.45, 7) is 5.16. The molecule has 29 heavy (non-hydrogen) atoms. The van der Waals surface area contributed by atoms with E-state index in [2.05, 4.69) is 10.1 Å². The number of piperazine rings is 1. The van der Waals surface area contributed by atoms with Crippen LogP contribution in [0.1, 0.15) is 31.8 Å². The quantitative estimate of drug-likeness (QED) is 0.646. The lowest BCUT2D eigenvalue weighted by molar-refractivity contribution is -0.141. The van der Waals surface area contributed by atoms with Gasteiger partial charge in [0.05, 0.1) is 11.3 Å². The van der Waals surface area contributed by atoms with Crippen LogP contribution < -0.4 is 0 Å². The van der Waals surface area contributed by atoms with Crippen molar-refractivity contribution in [2.75, 3.05) is 13.1 Å². The van der Waals surface area contributed by atoms with Crippen molar-refractivity contribution in [2.45, 2.75) is 32.9 Å². The average molecular weight is 410 g/mol. The monoisotopic (exact) mass is 410 g/mol. The molecule has 7 nitrogen and oxygen atoms in total. The first kappa shape index (κ1) is 19.3. The highest BCUT2D eigenvalue weighted by atomic mass is 32.1. The second kappa shape index (κ2) is 8.16. The molecule has 150 valence electrons. The topological polar surface area (TPSA) is 79.5 Å². The largest absolute Gasteiger partial charge is 0.339 e. The van der Waals surface area contributed by atoms with Gasteiger partial charge in [-0.2, -0.15) is 4.98 Å². The number of carbonyl (C=O) groups excluding carboxylic acids is 2. The molecule has 1 aromatic carbocycles. The van der Waals surface area contributed by atoms with Crippen molar-refractivity contribution in [3.05, 3.63) is 69.5 Å². The lowest BCUT2D eigenvalue weighted by atomic mass is 10.1. The number of benzene rings is 1. The molecular weight excluding hydrogens is 388 g/mol. The van der Waals surface area contributed by atoms with Crippen LogP contribution in [0.25, 0.3) is 0 Å². The van der Waals surface area contributed by atoms with Crippen LogP contribution in [-0.4, -0.2) is 50.9 Å². The maximum absolute atomic E-state index is 13.3. The molecule has 0 N–H and O–H groups in total. The number of aromatic nitrogens is 2. The highest BCUT2D eigenvalue weighted by Crippen LogP contribution is 2.23. The molecule has 2 aromatic heterocycles. The smallest absolute Gasteiger partial charge is 0.264 e. The molecule has 2 amide bonds. The second-order valence-electron chi connectivity index (χ2n) is 7.11. The Morgan fingerprint density at radius 3 is 2.62 bits per heavy atom. The Kier molecular flexibility index (Phi) is 5.44.